The topological polar surface area (TPSA) is 32.5 Å². The zero-order chi connectivity index (χ0) is 13.3. The Kier molecular flexibility index (Phi) is 3.93. The summed E-state index contributed by atoms with van der Waals surface area (Å²) in [5.41, 5.74) is 9.75. The van der Waals surface area contributed by atoms with Gasteiger partial charge in [0.15, 0.2) is 0 Å². The van der Waals surface area contributed by atoms with Crippen molar-refractivity contribution in [3.63, 3.8) is 0 Å². The number of benzene rings is 1. The van der Waals surface area contributed by atoms with Crippen LogP contribution in [0.1, 0.15) is 25.0 Å². The van der Waals surface area contributed by atoms with Crippen molar-refractivity contribution in [2.75, 3.05) is 25.0 Å². The number of hydrogen-bond donors (Lipinski definition) is 1. The highest BCUT2D eigenvalue weighted by atomic mass is 15.3. The van der Waals surface area contributed by atoms with Gasteiger partial charge in [-0.15, -0.1) is 0 Å². The first-order valence-corrected chi connectivity index (χ1v) is 6.79. The van der Waals surface area contributed by atoms with Crippen LogP contribution in [0, 0.1) is 6.92 Å². The smallest absolute Gasteiger partial charge is 0.0415 e. The summed E-state index contributed by atoms with van der Waals surface area (Å²) in [7, 11) is 2.22. The predicted octanol–water partition coefficient (Wildman–Crippen LogP) is 1.98. The van der Waals surface area contributed by atoms with Gasteiger partial charge in [-0.2, -0.15) is 0 Å². The molecule has 2 rings (SSSR count). The Morgan fingerprint density at radius 1 is 1.22 bits per heavy atom. The summed E-state index contributed by atoms with van der Waals surface area (Å²) in [4.78, 5) is 4.94. The summed E-state index contributed by atoms with van der Waals surface area (Å²) in [6, 6.07) is 7.75. The maximum atomic E-state index is 5.87. The SMILES string of the molecule is Cc1ccc(CN)c(N2CC(C)N(C)C(C)C2)c1. The van der Waals surface area contributed by atoms with Crippen molar-refractivity contribution in [2.24, 2.45) is 5.73 Å². The van der Waals surface area contributed by atoms with E-state index in [0.717, 1.165) is 13.1 Å². The standard InChI is InChI=1S/C15H25N3/c1-11-5-6-14(8-16)15(7-11)18-9-12(2)17(4)13(3)10-18/h5-7,12-13H,8-10,16H2,1-4H3. The molecule has 1 aromatic rings. The highest BCUT2D eigenvalue weighted by molar-refractivity contribution is 5.56. The van der Waals surface area contributed by atoms with E-state index in [4.69, 9.17) is 5.73 Å². The minimum Gasteiger partial charge on any atom is -0.368 e. The molecule has 100 valence electrons. The molecule has 3 nitrogen and oxygen atoms in total. The largest absolute Gasteiger partial charge is 0.368 e. The van der Waals surface area contributed by atoms with Gasteiger partial charge < -0.3 is 10.6 Å². The first-order chi connectivity index (χ1) is 8.52. The molecule has 2 atom stereocenters. The number of hydrogen-bond acceptors (Lipinski definition) is 3. The number of rotatable bonds is 2. The van der Waals surface area contributed by atoms with Crippen molar-refractivity contribution in [1.29, 1.82) is 0 Å². The highest BCUT2D eigenvalue weighted by Gasteiger charge is 2.27. The molecule has 0 radical (unpaired) electrons. The molecule has 0 aromatic heterocycles. The number of nitrogens with zero attached hydrogens (tertiary/aromatic N) is 2. The number of piperazine rings is 1. The van der Waals surface area contributed by atoms with Crippen molar-refractivity contribution < 1.29 is 0 Å². The van der Waals surface area contributed by atoms with E-state index in [9.17, 15) is 0 Å². The van der Waals surface area contributed by atoms with Crippen LogP contribution in [0.3, 0.4) is 0 Å². The Hall–Kier alpha value is -1.06. The molecule has 0 bridgehead atoms. The van der Waals surface area contributed by atoms with E-state index < -0.39 is 0 Å². The van der Waals surface area contributed by atoms with E-state index in [0.29, 0.717) is 18.6 Å². The minimum absolute atomic E-state index is 0.583. The molecule has 1 aromatic carbocycles. The van der Waals surface area contributed by atoms with Crippen LogP contribution in [0.4, 0.5) is 5.69 Å². The third kappa shape index (κ3) is 2.52. The van der Waals surface area contributed by atoms with Gasteiger partial charge in [0.25, 0.3) is 0 Å². The molecule has 18 heavy (non-hydrogen) atoms. The summed E-state index contributed by atoms with van der Waals surface area (Å²) >= 11 is 0. The van der Waals surface area contributed by atoms with Gasteiger partial charge in [0.1, 0.15) is 0 Å². The first kappa shape index (κ1) is 13.4. The van der Waals surface area contributed by atoms with E-state index in [-0.39, 0.29) is 0 Å². The Bertz CT molecular complexity index is 404. The van der Waals surface area contributed by atoms with Gasteiger partial charge in [-0.05, 0) is 45.0 Å². The van der Waals surface area contributed by atoms with Crippen LogP contribution >= 0.6 is 0 Å². The van der Waals surface area contributed by atoms with E-state index in [1.165, 1.54) is 16.8 Å². The van der Waals surface area contributed by atoms with E-state index >= 15 is 0 Å². The van der Waals surface area contributed by atoms with Crippen LogP contribution in [-0.4, -0.2) is 37.1 Å². The van der Waals surface area contributed by atoms with Gasteiger partial charge in [0, 0.05) is 37.4 Å². The zero-order valence-electron chi connectivity index (χ0n) is 12.0. The third-order valence-corrected chi connectivity index (χ3v) is 4.16. The lowest BCUT2D eigenvalue weighted by molar-refractivity contribution is 0.170. The number of aryl methyl sites for hydroxylation is 1. The molecule has 2 unspecified atom stereocenters. The van der Waals surface area contributed by atoms with Crippen LogP contribution < -0.4 is 10.6 Å². The minimum atomic E-state index is 0.583. The number of nitrogens with two attached hydrogens (primary N) is 1. The predicted molar refractivity (Wildman–Crippen MR) is 78.0 cm³/mol. The summed E-state index contributed by atoms with van der Waals surface area (Å²) in [5, 5.41) is 0. The maximum Gasteiger partial charge on any atom is 0.0415 e. The number of likely N-dealkylation sites (N-methyl/N-ethyl adjacent to an activating group) is 1. The molecule has 0 spiro atoms. The molecule has 0 aliphatic carbocycles. The molecule has 1 fully saturated rings. The zero-order valence-corrected chi connectivity index (χ0v) is 12.0. The lowest BCUT2D eigenvalue weighted by atomic mass is 10.0. The fourth-order valence-corrected chi connectivity index (χ4v) is 2.74. The molecule has 3 heteroatoms. The molecular weight excluding hydrogens is 222 g/mol. The van der Waals surface area contributed by atoms with Gasteiger partial charge in [0.05, 0.1) is 0 Å². The second-order valence-corrected chi connectivity index (χ2v) is 5.60. The van der Waals surface area contributed by atoms with Crippen LogP contribution in [0.5, 0.6) is 0 Å². The van der Waals surface area contributed by atoms with Crippen molar-refractivity contribution in [3.05, 3.63) is 29.3 Å². The summed E-state index contributed by atoms with van der Waals surface area (Å²) in [5.74, 6) is 0. The fourth-order valence-electron chi connectivity index (χ4n) is 2.74. The summed E-state index contributed by atoms with van der Waals surface area (Å²) in [6.07, 6.45) is 0. The second kappa shape index (κ2) is 5.29. The molecule has 0 saturated carbocycles. The van der Waals surface area contributed by atoms with Crippen molar-refractivity contribution in [3.8, 4) is 0 Å². The van der Waals surface area contributed by atoms with Gasteiger partial charge in [-0.3, -0.25) is 4.90 Å². The van der Waals surface area contributed by atoms with Crippen molar-refractivity contribution >= 4 is 5.69 Å². The van der Waals surface area contributed by atoms with Crippen LogP contribution in [0.25, 0.3) is 0 Å². The van der Waals surface area contributed by atoms with E-state index in [2.05, 4.69) is 55.8 Å². The molecule has 1 aliphatic heterocycles. The van der Waals surface area contributed by atoms with Crippen LogP contribution in [-0.2, 0) is 6.54 Å². The third-order valence-electron chi connectivity index (χ3n) is 4.16. The quantitative estimate of drug-likeness (QED) is 0.867. The fraction of sp³-hybridized carbons (Fsp3) is 0.600. The summed E-state index contributed by atoms with van der Waals surface area (Å²) < 4.78 is 0. The monoisotopic (exact) mass is 247 g/mol. The lowest BCUT2D eigenvalue weighted by Crippen LogP contribution is -2.55. The van der Waals surface area contributed by atoms with Gasteiger partial charge in [-0.1, -0.05) is 12.1 Å². The van der Waals surface area contributed by atoms with Gasteiger partial charge in [-0.25, -0.2) is 0 Å². The Morgan fingerprint density at radius 3 is 2.39 bits per heavy atom. The lowest BCUT2D eigenvalue weighted by Gasteiger charge is -2.44. The Labute approximate surface area is 111 Å². The normalized spacial score (nSPS) is 25.5. The van der Waals surface area contributed by atoms with Crippen LogP contribution in [0.15, 0.2) is 18.2 Å². The molecule has 1 aliphatic rings. The first-order valence-electron chi connectivity index (χ1n) is 6.79. The molecule has 2 N–H and O–H groups in total. The highest BCUT2D eigenvalue weighted by Crippen LogP contribution is 2.26. The van der Waals surface area contributed by atoms with E-state index in [1.807, 2.05) is 0 Å². The second-order valence-electron chi connectivity index (χ2n) is 5.60. The molecule has 1 saturated heterocycles. The van der Waals surface area contributed by atoms with Crippen molar-refractivity contribution in [1.82, 2.24) is 4.90 Å². The molecule has 0 amide bonds. The van der Waals surface area contributed by atoms with E-state index in [1.54, 1.807) is 0 Å². The number of anilines is 1. The van der Waals surface area contributed by atoms with Gasteiger partial charge >= 0.3 is 0 Å². The van der Waals surface area contributed by atoms with Crippen molar-refractivity contribution in [2.45, 2.75) is 39.4 Å². The maximum absolute atomic E-state index is 5.87. The Morgan fingerprint density at radius 2 is 1.83 bits per heavy atom. The molecular formula is C15H25N3. The summed E-state index contributed by atoms with van der Waals surface area (Å²) in [6.45, 7) is 9.51. The average Bonchev–Trinajstić information content (AvgIpc) is 2.35. The average molecular weight is 247 g/mol. The molecule has 1 heterocycles. The van der Waals surface area contributed by atoms with Crippen LogP contribution in [0.2, 0.25) is 0 Å². The van der Waals surface area contributed by atoms with Gasteiger partial charge in [0.2, 0.25) is 0 Å². The Balaban J connectivity index is 2.28.